The van der Waals surface area contributed by atoms with Gasteiger partial charge in [-0.2, -0.15) is 0 Å². The topological polar surface area (TPSA) is 61.5 Å². The molecule has 0 bridgehead atoms. The molecule has 1 unspecified atom stereocenters. The van der Waals surface area contributed by atoms with Gasteiger partial charge in [-0.15, -0.1) is 0 Å². The Kier molecular flexibility index (Phi) is 6.97. The number of anilines is 1. The van der Waals surface area contributed by atoms with Gasteiger partial charge in [-0.05, 0) is 30.0 Å². The number of carbonyl (C=O) groups excluding carboxylic acids is 1. The first-order valence-corrected chi connectivity index (χ1v) is 6.72. The Morgan fingerprint density at radius 3 is 2.53 bits per heavy atom. The molecule has 0 saturated carbocycles. The number of hydrogen-bond donors (Lipinski definition) is 1. The zero-order chi connectivity index (χ0) is 14.1. The number of esters is 1. The molecule has 2 N–H and O–H groups in total. The van der Waals surface area contributed by atoms with Gasteiger partial charge in [0, 0.05) is 12.3 Å². The Balaban J connectivity index is 2.26. The lowest BCUT2D eigenvalue weighted by Gasteiger charge is -2.12. The highest BCUT2D eigenvalue weighted by Crippen LogP contribution is 2.20. The van der Waals surface area contributed by atoms with Gasteiger partial charge in [0.25, 0.3) is 0 Å². The van der Waals surface area contributed by atoms with E-state index >= 15 is 0 Å². The normalized spacial score (nSPS) is 12.1. The standard InChI is InChI=1S/C15H23NO3/c1-3-8-18-9-10-19-15(17)11-12(2)13-4-6-14(16)7-5-13/h4-7,12H,3,8-11,16H2,1-2H3. The summed E-state index contributed by atoms with van der Waals surface area (Å²) >= 11 is 0. The second kappa shape index (κ2) is 8.53. The molecule has 1 atom stereocenters. The molecule has 0 amide bonds. The van der Waals surface area contributed by atoms with Crippen molar-refractivity contribution in [2.75, 3.05) is 25.6 Å². The Morgan fingerprint density at radius 2 is 1.89 bits per heavy atom. The fourth-order valence-corrected chi connectivity index (χ4v) is 1.71. The highest BCUT2D eigenvalue weighted by atomic mass is 16.6. The minimum atomic E-state index is -0.190. The minimum absolute atomic E-state index is 0.129. The molecule has 0 fully saturated rings. The van der Waals surface area contributed by atoms with E-state index in [1.807, 2.05) is 38.1 Å². The molecule has 106 valence electrons. The van der Waals surface area contributed by atoms with Crippen molar-refractivity contribution in [3.8, 4) is 0 Å². The van der Waals surface area contributed by atoms with Crippen LogP contribution in [0.2, 0.25) is 0 Å². The van der Waals surface area contributed by atoms with Crippen molar-refractivity contribution in [2.45, 2.75) is 32.6 Å². The van der Waals surface area contributed by atoms with Crippen LogP contribution in [0.1, 0.15) is 38.2 Å². The number of carbonyl (C=O) groups is 1. The molecule has 1 aromatic carbocycles. The van der Waals surface area contributed by atoms with Crippen molar-refractivity contribution in [2.24, 2.45) is 0 Å². The smallest absolute Gasteiger partial charge is 0.306 e. The van der Waals surface area contributed by atoms with Crippen LogP contribution in [0.5, 0.6) is 0 Å². The van der Waals surface area contributed by atoms with E-state index in [-0.39, 0.29) is 11.9 Å². The predicted octanol–water partition coefficient (Wildman–Crippen LogP) is 2.73. The third-order valence-electron chi connectivity index (χ3n) is 2.82. The van der Waals surface area contributed by atoms with Crippen LogP contribution in [0.4, 0.5) is 5.69 Å². The molecule has 0 aromatic heterocycles. The number of rotatable bonds is 8. The average Bonchev–Trinajstić information content (AvgIpc) is 2.39. The second-order valence-corrected chi connectivity index (χ2v) is 4.60. The summed E-state index contributed by atoms with van der Waals surface area (Å²) in [4.78, 5) is 11.6. The van der Waals surface area contributed by atoms with E-state index in [0.717, 1.165) is 17.7 Å². The number of ether oxygens (including phenoxy) is 2. The van der Waals surface area contributed by atoms with Crippen LogP contribution >= 0.6 is 0 Å². The first kappa shape index (κ1) is 15.5. The maximum absolute atomic E-state index is 11.6. The van der Waals surface area contributed by atoms with Crippen LogP contribution in [0.15, 0.2) is 24.3 Å². The summed E-state index contributed by atoms with van der Waals surface area (Å²) in [5.74, 6) is -0.0610. The average molecular weight is 265 g/mol. The van der Waals surface area contributed by atoms with E-state index < -0.39 is 0 Å². The monoisotopic (exact) mass is 265 g/mol. The fraction of sp³-hybridized carbons (Fsp3) is 0.533. The summed E-state index contributed by atoms with van der Waals surface area (Å²) in [5.41, 5.74) is 7.45. The molecular weight excluding hydrogens is 242 g/mol. The summed E-state index contributed by atoms with van der Waals surface area (Å²) < 4.78 is 10.4. The molecule has 0 saturated heterocycles. The third-order valence-corrected chi connectivity index (χ3v) is 2.82. The summed E-state index contributed by atoms with van der Waals surface area (Å²) in [6.45, 7) is 5.54. The molecule has 0 aliphatic heterocycles. The van der Waals surface area contributed by atoms with Gasteiger partial charge in [-0.3, -0.25) is 4.79 Å². The molecule has 4 nitrogen and oxygen atoms in total. The SMILES string of the molecule is CCCOCCOC(=O)CC(C)c1ccc(N)cc1. The summed E-state index contributed by atoms with van der Waals surface area (Å²) in [6, 6.07) is 7.57. The van der Waals surface area contributed by atoms with E-state index in [1.54, 1.807) is 0 Å². The zero-order valence-corrected chi connectivity index (χ0v) is 11.7. The van der Waals surface area contributed by atoms with Crippen molar-refractivity contribution in [1.82, 2.24) is 0 Å². The van der Waals surface area contributed by atoms with Gasteiger partial charge in [0.15, 0.2) is 0 Å². The molecule has 1 rings (SSSR count). The largest absolute Gasteiger partial charge is 0.463 e. The van der Waals surface area contributed by atoms with Gasteiger partial charge < -0.3 is 15.2 Å². The Morgan fingerprint density at radius 1 is 1.21 bits per heavy atom. The number of benzene rings is 1. The van der Waals surface area contributed by atoms with Gasteiger partial charge in [0.2, 0.25) is 0 Å². The van der Waals surface area contributed by atoms with Gasteiger partial charge in [0.05, 0.1) is 13.0 Å². The van der Waals surface area contributed by atoms with Gasteiger partial charge in [-0.25, -0.2) is 0 Å². The molecule has 0 heterocycles. The van der Waals surface area contributed by atoms with E-state index in [0.29, 0.717) is 26.2 Å². The molecule has 0 radical (unpaired) electrons. The highest BCUT2D eigenvalue weighted by Gasteiger charge is 2.12. The van der Waals surface area contributed by atoms with Crippen molar-refractivity contribution in [3.05, 3.63) is 29.8 Å². The molecule has 0 spiro atoms. The Hall–Kier alpha value is -1.55. The van der Waals surface area contributed by atoms with Crippen molar-refractivity contribution < 1.29 is 14.3 Å². The van der Waals surface area contributed by atoms with Crippen LogP contribution in [-0.2, 0) is 14.3 Å². The van der Waals surface area contributed by atoms with Crippen LogP contribution in [-0.4, -0.2) is 25.8 Å². The van der Waals surface area contributed by atoms with E-state index in [1.165, 1.54) is 0 Å². The maximum atomic E-state index is 11.6. The maximum Gasteiger partial charge on any atom is 0.306 e. The molecule has 19 heavy (non-hydrogen) atoms. The van der Waals surface area contributed by atoms with E-state index in [9.17, 15) is 4.79 Å². The Labute approximate surface area is 114 Å². The summed E-state index contributed by atoms with van der Waals surface area (Å²) in [7, 11) is 0. The van der Waals surface area contributed by atoms with E-state index in [4.69, 9.17) is 15.2 Å². The Bertz CT molecular complexity index is 375. The summed E-state index contributed by atoms with van der Waals surface area (Å²) in [6.07, 6.45) is 1.35. The van der Waals surface area contributed by atoms with Crippen molar-refractivity contribution in [1.29, 1.82) is 0 Å². The number of nitrogens with two attached hydrogens (primary N) is 1. The molecule has 0 aliphatic rings. The zero-order valence-electron chi connectivity index (χ0n) is 11.7. The quantitative estimate of drug-likeness (QED) is 0.446. The van der Waals surface area contributed by atoms with Gasteiger partial charge in [0.1, 0.15) is 6.61 Å². The van der Waals surface area contributed by atoms with Crippen LogP contribution < -0.4 is 5.73 Å². The second-order valence-electron chi connectivity index (χ2n) is 4.60. The predicted molar refractivity (Wildman–Crippen MR) is 76.0 cm³/mol. The first-order chi connectivity index (χ1) is 9.13. The van der Waals surface area contributed by atoms with Crippen LogP contribution in [0.25, 0.3) is 0 Å². The lowest BCUT2D eigenvalue weighted by molar-refractivity contribution is -0.145. The highest BCUT2D eigenvalue weighted by molar-refractivity contribution is 5.70. The van der Waals surface area contributed by atoms with E-state index in [2.05, 4.69) is 0 Å². The van der Waals surface area contributed by atoms with Crippen molar-refractivity contribution in [3.63, 3.8) is 0 Å². The molecule has 1 aromatic rings. The minimum Gasteiger partial charge on any atom is -0.463 e. The van der Waals surface area contributed by atoms with Gasteiger partial charge >= 0.3 is 5.97 Å². The third kappa shape index (κ3) is 6.25. The van der Waals surface area contributed by atoms with Crippen LogP contribution in [0, 0.1) is 0 Å². The lowest BCUT2D eigenvalue weighted by atomic mass is 9.98. The molecular formula is C15H23NO3. The lowest BCUT2D eigenvalue weighted by Crippen LogP contribution is -2.13. The number of nitrogen functional groups attached to an aromatic ring is 1. The summed E-state index contributed by atoms with van der Waals surface area (Å²) in [5, 5.41) is 0. The van der Waals surface area contributed by atoms with Gasteiger partial charge in [-0.1, -0.05) is 26.0 Å². The van der Waals surface area contributed by atoms with Crippen molar-refractivity contribution >= 4 is 11.7 Å². The fourth-order valence-electron chi connectivity index (χ4n) is 1.71. The first-order valence-electron chi connectivity index (χ1n) is 6.72. The molecule has 4 heteroatoms. The molecule has 0 aliphatic carbocycles. The number of hydrogen-bond acceptors (Lipinski definition) is 4. The van der Waals surface area contributed by atoms with Crippen LogP contribution in [0.3, 0.4) is 0 Å².